The van der Waals surface area contributed by atoms with E-state index in [-0.39, 0.29) is 11.9 Å². The maximum atomic E-state index is 13.5. The lowest BCUT2D eigenvalue weighted by Gasteiger charge is -2.12. The first-order chi connectivity index (χ1) is 8.29. The van der Waals surface area contributed by atoms with Gasteiger partial charge < -0.3 is 4.90 Å². The predicted octanol–water partition coefficient (Wildman–Crippen LogP) is 1.58. The molecule has 2 aromatic rings. The Labute approximate surface area is 97.6 Å². The van der Waals surface area contributed by atoms with Gasteiger partial charge in [-0.1, -0.05) is 6.07 Å². The number of halogens is 1. The van der Waals surface area contributed by atoms with Crippen LogP contribution in [0.3, 0.4) is 0 Å². The minimum atomic E-state index is -0.251. The molecular formula is C12H12FN3O. The van der Waals surface area contributed by atoms with Gasteiger partial charge in [-0.2, -0.15) is 5.10 Å². The van der Waals surface area contributed by atoms with Crippen molar-refractivity contribution in [3.8, 4) is 0 Å². The molecule has 1 saturated heterocycles. The number of likely N-dealkylation sites (tertiary alicyclic amines) is 1. The number of nitrogens with zero attached hydrogens (tertiary/aromatic N) is 3. The summed E-state index contributed by atoms with van der Waals surface area (Å²) in [7, 11) is 0. The molecule has 88 valence electrons. The van der Waals surface area contributed by atoms with Gasteiger partial charge in [-0.3, -0.25) is 9.48 Å². The Morgan fingerprint density at radius 2 is 2.35 bits per heavy atom. The Bertz CT molecular complexity index is 566. The topological polar surface area (TPSA) is 38.1 Å². The summed E-state index contributed by atoms with van der Waals surface area (Å²) in [4.78, 5) is 12.4. The quantitative estimate of drug-likeness (QED) is 0.738. The molecule has 1 amide bonds. The Morgan fingerprint density at radius 1 is 1.47 bits per heavy atom. The van der Waals surface area contributed by atoms with Crippen molar-refractivity contribution in [2.45, 2.75) is 12.5 Å². The van der Waals surface area contributed by atoms with Crippen molar-refractivity contribution in [1.82, 2.24) is 14.7 Å². The molecule has 0 radical (unpaired) electrons. The normalized spacial score (nSPS) is 20.1. The number of hydrogen-bond acceptors (Lipinski definition) is 2. The molecule has 1 aliphatic heterocycles. The average molecular weight is 233 g/mol. The molecule has 4 nitrogen and oxygen atoms in total. The smallest absolute Gasteiger partial charge is 0.209 e. The third kappa shape index (κ3) is 1.58. The summed E-state index contributed by atoms with van der Waals surface area (Å²) in [5, 5.41) is 4.78. The molecule has 1 aromatic carbocycles. The molecule has 0 spiro atoms. The standard InChI is InChI=1S/C12H12FN3O/c13-11-2-1-3-12-10(11)6-14-16(12)9-4-5-15(7-9)8-17/h1-3,6,8-9H,4-5,7H2. The van der Waals surface area contributed by atoms with E-state index in [0.29, 0.717) is 11.9 Å². The maximum absolute atomic E-state index is 13.5. The molecule has 3 rings (SSSR count). The minimum absolute atomic E-state index is 0.152. The number of aromatic nitrogens is 2. The van der Waals surface area contributed by atoms with Gasteiger partial charge in [0.2, 0.25) is 6.41 Å². The van der Waals surface area contributed by atoms with E-state index in [9.17, 15) is 9.18 Å². The van der Waals surface area contributed by atoms with E-state index < -0.39 is 0 Å². The number of carbonyl (C=O) groups excluding carboxylic acids is 1. The van der Waals surface area contributed by atoms with Crippen LogP contribution >= 0.6 is 0 Å². The van der Waals surface area contributed by atoms with Crippen LogP contribution in [0.2, 0.25) is 0 Å². The van der Waals surface area contributed by atoms with Gasteiger partial charge >= 0.3 is 0 Å². The Balaban J connectivity index is 2.01. The molecule has 1 atom stereocenters. The molecule has 0 bridgehead atoms. The molecule has 1 aromatic heterocycles. The summed E-state index contributed by atoms with van der Waals surface area (Å²) in [5.41, 5.74) is 0.794. The van der Waals surface area contributed by atoms with Gasteiger partial charge in [0, 0.05) is 13.1 Å². The highest BCUT2D eigenvalue weighted by molar-refractivity contribution is 5.79. The fourth-order valence-electron chi connectivity index (χ4n) is 2.39. The molecule has 0 aliphatic carbocycles. The lowest BCUT2D eigenvalue weighted by atomic mass is 10.2. The third-order valence-electron chi connectivity index (χ3n) is 3.28. The summed E-state index contributed by atoms with van der Waals surface area (Å²) in [6, 6.07) is 5.12. The number of rotatable bonds is 2. The van der Waals surface area contributed by atoms with E-state index in [1.807, 2.05) is 10.7 Å². The molecular weight excluding hydrogens is 221 g/mol. The fourth-order valence-corrected chi connectivity index (χ4v) is 2.39. The van der Waals surface area contributed by atoms with E-state index in [4.69, 9.17) is 0 Å². The predicted molar refractivity (Wildman–Crippen MR) is 61.0 cm³/mol. The number of amides is 1. The molecule has 17 heavy (non-hydrogen) atoms. The second-order valence-corrected chi connectivity index (χ2v) is 4.30. The number of fused-ring (bicyclic) bond motifs is 1. The van der Waals surface area contributed by atoms with E-state index >= 15 is 0 Å². The van der Waals surface area contributed by atoms with Crippen LogP contribution in [0, 0.1) is 5.82 Å². The van der Waals surface area contributed by atoms with Crippen LogP contribution in [0.5, 0.6) is 0 Å². The lowest BCUT2D eigenvalue weighted by molar-refractivity contribution is -0.117. The first-order valence-corrected chi connectivity index (χ1v) is 5.60. The second-order valence-electron chi connectivity index (χ2n) is 4.30. The van der Waals surface area contributed by atoms with Gasteiger partial charge in [-0.15, -0.1) is 0 Å². The summed E-state index contributed by atoms with van der Waals surface area (Å²) < 4.78 is 15.3. The van der Waals surface area contributed by atoms with Crippen LogP contribution in [0.25, 0.3) is 10.9 Å². The zero-order valence-corrected chi connectivity index (χ0v) is 9.21. The largest absolute Gasteiger partial charge is 0.343 e. The summed E-state index contributed by atoms with van der Waals surface area (Å²) in [6.07, 6.45) is 3.27. The zero-order chi connectivity index (χ0) is 11.8. The van der Waals surface area contributed by atoms with Crippen LogP contribution in [0.4, 0.5) is 4.39 Å². The van der Waals surface area contributed by atoms with E-state index in [0.717, 1.165) is 24.9 Å². The van der Waals surface area contributed by atoms with Gasteiger partial charge in [-0.05, 0) is 18.6 Å². The maximum Gasteiger partial charge on any atom is 0.209 e. The van der Waals surface area contributed by atoms with Crippen molar-refractivity contribution < 1.29 is 9.18 Å². The SMILES string of the molecule is O=CN1CCC(n2ncc3c(F)cccc32)C1. The lowest BCUT2D eigenvalue weighted by Crippen LogP contribution is -2.19. The minimum Gasteiger partial charge on any atom is -0.343 e. The summed E-state index contributed by atoms with van der Waals surface area (Å²) in [6.45, 7) is 1.39. The van der Waals surface area contributed by atoms with Crippen LogP contribution in [-0.4, -0.2) is 34.2 Å². The zero-order valence-electron chi connectivity index (χ0n) is 9.21. The third-order valence-corrected chi connectivity index (χ3v) is 3.28. The van der Waals surface area contributed by atoms with Crippen LogP contribution in [0.1, 0.15) is 12.5 Å². The van der Waals surface area contributed by atoms with Crippen molar-refractivity contribution in [1.29, 1.82) is 0 Å². The van der Waals surface area contributed by atoms with E-state index in [1.54, 1.807) is 17.2 Å². The van der Waals surface area contributed by atoms with Gasteiger partial charge in [0.1, 0.15) is 5.82 Å². The van der Waals surface area contributed by atoms with Crippen molar-refractivity contribution >= 4 is 17.3 Å². The second kappa shape index (κ2) is 3.84. The van der Waals surface area contributed by atoms with Crippen molar-refractivity contribution in [3.05, 3.63) is 30.2 Å². The highest BCUT2D eigenvalue weighted by atomic mass is 19.1. The van der Waals surface area contributed by atoms with Crippen molar-refractivity contribution in [2.24, 2.45) is 0 Å². The van der Waals surface area contributed by atoms with Crippen molar-refractivity contribution in [2.75, 3.05) is 13.1 Å². The Morgan fingerprint density at radius 3 is 3.12 bits per heavy atom. The molecule has 1 unspecified atom stereocenters. The van der Waals surface area contributed by atoms with E-state index in [1.165, 1.54) is 6.07 Å². The summed E-state index contributed by atoms with van der Waals surface area (Å²) >= 11 is 0. The van der Waals surface area contributed by atoms with Gasteiger partial charge in [0.05, 0.1) is 23.1 Å². The average Bonchev–Trinajstić information content (AvgIpc) is 2.94. The number of carbonyl (C=O) groups is 1. The molecule has 1 fully saturated rings. The Hall–Kier alpha value is -1.91. The van der Waals surface area contributed by atoms with Crippen LogP contribution < -0.4 is 0 Å². The van der Waals surface area contributed by atoms with Crippen molar-refractivity contribution in [3.63, 3.8) is 0 Å². The van der Waals surface area contributed by atoms with Gasteiger partial charge in [0.25, 0.3) is 0 Å². The first kappa shape index (κ1) is 10.3. The Kier molecular flexibility index (Phi) is 2.31. The highest BCUT2D eigenvalue weighted by Gasteiger charge is 2.24. The molecule has 0 N–H and O–H groups in total. The monoisotopic (exact) mass is 233 g/mol. The molecule has 0 saturated carbocycles. The van der Waals surface area contributed by atoms with E-state index in [2.05, 4.69) is 5.10 Å². The van der Waals surface area contributed by atoms with Gasteiger partial charge in [0.15, 0.2) is 0 Å². The first-order valence-electron chi connectivity index (χ1n) is 5.60. The van der Waals surface area contributed by atoms with Crippen LogP contribution in [0.15, 0.2) is 24.4 Å². The van der Waals surface area contributed by atoms with Crippen LogP contribution in [-0.2, 0) is 4.79 Å². The fraction of sp³-hybridized carbons (Fsp3) is 0.333. The summed E-state index contributed by atoms with van der Waals surface area (Å²) in [5.74, 6) is -0.251. The molecule has 2 heterocycles. The highest BCUT2D eigenvalue weighted by Crippen LogP contribution is 2.25. The number of benzene rings is 1. The number of hydrogen-bond donors (Lipinski definition) is 0. The van der Waals surface area contributed by atoms with Gasteiger partial charge in [-0.25, -0.2) is 4.39 Å². The molecule has 5 heteroatoms. The molecule has 1 aliphatic rings.